The molecule has 23 heavy (non-hydrogen) atoms. The molecule has 0 radical (unpaired) electrons. The Morgan fingerprint density at radius 1 is 1.35 bits per heavy atom. The van der Waals surface area contributed by atoms with Crippen molar-refractivity contribution in [2.24, 2.45) is 0 Å². The van der Waals surface area contributed by atoms with E-state index in [1.54, 1.807) is 26.0 Å². The Hall–Kier alpha value is -1.89. The second kappa shape index (κ2) is 6.70. The first-order valence-electron chi connectivity index (χ1n) is 7.24. The van der Waals surface area contributed by atoms with Gasteiger partial charge in [-0.15, -0.1) is 10.2 Å². The highest BCUT2D eigenvalue weighted by Crippen LogP contribution is 2.27. The SMILES string of the molecule is Cc1ccc(NC(=O)C(C)Sc2nnc(C(C)(C)C)o2)c(F)c1. The quantitative estimate of drug-likeness (QED) is 0.856. The van der Waals surface area contributed by atoms with Gasteiger partial charge in [0, 0.05) is 5.41 Å². The number of benzene rings is 1. The van der Waals surface area contributed by atoms with E-state index in [-0.39, 0.29) is 17.0 Å². The molecule has 1 heterocycles. The second-order valence-corrected chi connectivity index (χ2v) is 7.65. The molecule has 1 amide bonds. The van der Waals surface area contributed by atoms with Gasteiger partial charge in [-0.1, -0.05) is 38.6 Å². The summed E-state index contributed by atoms with van der Waals surface area (Å²) in [5, 5.41) is 10.3. The number of rotatable bonds is 4. The van der Waals surface area contributed by atoms with Crippen LogP contribution in [0, 0.1) is 12.7 Å². The number of thioether (sulfide) groups is 1. The van der Waals surface area contributed by atoms with Gasteiger partial charge in [0.25, 0.3) is 5.22 Å². The minimum atomic E-state index is -0.496. The molecule has 5 nitrogen and oxygen atoms in total. The van der Waals surface area contributed by atoms with Gasteiger partial charge in [-0.25, -0.2) is 4.39 Å². The van der Waals surface area contributed by atoms with E-state index >= 15 is 0 Å². The number of aromatic nitrogens is 2. The number of carbonyl (C=O) groups is 1. The number of aryl methyl sites for hydroxylation is 1. The van der Waals surface area contributed by atoms with Crippen LogP contribution >= 0.6 is 11.8 Å². The van der Waals surface area contributed by atoms with Gasteiger partial charge in [0.15, 0.2) is 0 Å². The molecule has 0 spiro atoms. The number of anilines is 1. The van der Waals surface area contributed by atoms with Crippen molar-refractivity contribution in [2.75, 3.05) is 5.32 Å². The minimum Gasteiger partial charge on any atom is -0.415 e. The lowest BCUT2D eigenvalue weighted by Crippen LogP contribution is -2.23. The van der Waals surface area contributed by atoms with Crippen LogP contribution in [0.5, 0.6) is 0 Å². The molecule has 1 N–H and O–H groups in total. The fourth-order valence-electron chi connectivity index (χ4n) is 1.72. The normalized spacial score (nSPS) is 13.0. The van der Waals surface area contributed by atoms with E-state index in [2.05, 4.69) is 15.5 Å². The van der Waals surface area contributed by atoms with Crippen LogP contribution in [-0.4, -0.2) is 21.4 Å². The summed E-state index contributed by atoms with van der Waals surface area (Å²) < 4.78 is 19.3. The summed E-state index contributed by atoms with van der Waals surface area (Å²) in [5.74, 6) is -0.270. The summed E-state index contributed by atoms with van der Waals surface area (Å²) in [4.78, 5) is 12.2. The number of halogens is 1. The van der Waals surface area contributed by atoms with Crippen molar-refractivity contribution in [3.8, 4) is 0 Å². The van der Waals surface area contributed by atoms with Crippen LogP contribution in [0.25, 0.3) is 0 Å². The van der Waals surface area contributed by atoms with E-state index in [0.29, 0.717) is 11.1 Å². The molecule has 1 aromatic heterocycles. The van der Waals surface area contributed by atoms with Crippen LogP contribution in [0.15, 0.2) is 27.8 Å². The van der Waals surface area contributed by atoms with E-state index in [9.17, 15) is 9.18 Å². The number of carbonyl (C=O) groups excluding carboxylic acids is 1. The number of nitrogens with one attached hydrogen (secondary N) is 1. The van der Waals surface area contributed by atoms with Crippen molar-refractivity contribution >= 4 is 23.4 Å². The summed E-state index contributed by atoms with van der Waals surface area (Å²) in [6, 6.07) is 4.66. The molecule has 0 aliphatic heterocycles. The average Bonchev–Trinajstić information content (AvgIpc) is 2.90. The Balaban J connectivity index is 2.01. The lowest BCUT2D eigenvalue weighted by atomic mass is 9.97. The Morgan fingerprint density at radius 3 is 2.61 bits per heavy atom. The monoisotopic (exact) mass is 337 g/mol. The average molecular weight is 337 g/mol. The van der Waals surface area contributed by atoms with Crippen LogP contribution in [0.3, 0.4) is 0 Å². The summed E-state index contributed by atoms with van der Waals surface area (Å²) in [7, 11) is 0. The molecule has 0 aliphatic rings. The van der Waals surface area contributed by atoms with Gasteiger partial charge in [0.2, 0.25) is 11.8 Å². The molecule has 2 rings (SSSR count). The molecular formula is C16H20FN3O2S. The molecule has 1 unspecified atom stereocenters. The molecule has 2 aromatic rings. The fraction of sp³-hybridized carbons (Fsp3) is 0.438. The minimum absolute atomic E-state index is 0.161. The van der Waals surface area contributed by atoms with E-state index in [1.807, 2.05) is 20.8 Å². The molecule has 0 saturated carbocycles. The van der Waals surface area contributed by atoms with Gasteiger partial charge in [-0.3, -0.25) is 4.79 Å². The fourth-order valence-corrected chi connectivity index (χ4v) is 2.40. The van der Waals surface area contributed by atoms with E-state index in [1.165, 1.54) is 6.07 Å². The zero-order valence-electron chi connectivity index (χ0n) is 13.8. The molecule has 124 valence electrons. The highest BCUT2D eigenvalue weighted by atomic mass is 32.2. The van der Waals surface area contributed by atoms with Crippen LogP contribution in [-0.2, 0) is 10.2 Å². The number of nitrogens with zero attached hydrogens (tertiary/aromatic N) is 2. The van der Waals surface area contributed by atoms with Crippen molar-refractivity contribution < 1.29 is 13.6 Å². The summed E-state index contributed by atoms with van der Waals surface area (Å²) in [5.41, 5.74) is 0.708. The van der Waals surface area contributed by atoms with Crippen molar-refractivity contribution in [3.63, 3.8) is 0 Å². The van der Waals surface area contributed by atoms with Crippen LogP contribution in [0.1, 0.15) is 39.1 Å². The lowest BCUT2D eigenvalue weighted by Gasteiger charge is -2.12. The third-order valence-corrected chi connectivity index (χ3v) is 4.01. The lowest BCUT2D eigenvalue weighted by molar-refractivity contribution is -0.115. The molecule has 0 bridgehead atoms. The summed E-state index contributed by atoms with van der Waals surface area (Å²) >= 11 is 1.14. The van der Waals surface area contributed by atoms with Crippen molar-refractivity contribution in [1.29, 1.82) is 0 Å². The van der Waals surface area contributed by atoms with E-state index in [0.717, 1.165) is 17.3 Å². The van der Waals surface area contributed by atoms with Gasteiger partial charge in [-0.05, 0) is 31.5 Å². The van der Waals surface area contributed by atoms with Crippen LogP contribution in [0.2, 0.25) is 0 Å². The standard InChI is InChI=1S/C16H20FN3O2S/c1-9-6-7-12(11(17)8-9)18-13(21)10(2)23-15-20-19-14(22-15)16(3,4)5/h6-8,10H,1-5H3,(H,18,21). The van der Waals surface area contributed by atoms with E-state index in [4.69, 9.17) is 4.42 Å². The number of amides is 1. The third-order valence-electron chi connectivity index (χ3n) is 3.08. The van der Waals surface area contributed by atoms with Crippen LogP contribution in [0.4, 0.5) is 10.1 Å². The molecule has 7 heteroatoms. The summed E-state index contributed by atoms with van der Waals surface area (Å²) in [6.07, 6.45) is 0. The molecule has 0 aliphatic carbocycles. The first kappa shape index (κ1) is 17.5. The maximum Gasteiger partial charge on any atom is 0.277 e. The van der Waals surface area contributed by atoms with Crippen molar-refractivity contribution in [2.45, 2.75) is 50.5 Å². The Morgan fingerprint density at radius 2 is 2.04 bits per heavy atom. The Bertz CT molecular complexity index is 710. The topological polar surface area (TPSA) is 68.0 Å². The Labute approximate surface area is 139 Å². The zero-order chi connectivity index (χ0) is 17.2. The van der Waals surface area contributed by atoms with Gasteiger partial charge >= 0.3 is 0 Å². The van der Waals surface area contributed by atoms with Crippen molar-refractivity contribution in [3.05, 3.63) is 35.5 Å². The predicted octanol–water partition coefficient (Wildman–Crippen LogP) is 3.93. The smallest absolute Gasteiger partial charge is 0.277 e. The van der Waals surface area contributed by atoms with Gasteiger partial charge in [0.05, 0.1) is 10.9 Å². The first-order valence-corrected chi connectivity index (χ1v) is 8.12. The maximum absolute atomic E-state index is 13.8. The highest BCUT2D eigenvalue weighted by Gasteiger charge is 2.24. The molecular weight excluding hydrogens is 317 g/mol. The zero-order valence-corrected chi connectivity index (χ0v) is 14.6. The van der Waals surface area contributed by atoms with Crippen LogP contribution < -0.4 is 5.32 Å². The molecule has 0 fully saturated rings. The molecule has 1 aromatic carbocycles. The third kappa shape index (κ3) is 4.54. The van der Waals surface area contributed by atoms with Crippen molar-refractivity contribution in [1.82, 2.24) is 10.2 Å². The maximum atomic E-state index is 13.8. The highest BCUT2D eigenvalue weighted by molar-refractivity contribution is 8.00. The van der Waals surface area contributed by atoms with Gasteiger partial charge in [0.1, 0.15) is 5.82 Å². The first-order chi connectivity index (χ1) is 10.7. The van der Waals surface area contributed by atoms with Gasteiger partial charge in [-0.2, -0.15) is 0 Å². The predicted molar refractivity (Wildman–Crippen MR) is 88.1 cm³/mol. The number of hydrogen-bond donors (Lipinski definition) is 1. The molecule has 0 saturated heterocycles. The Kier molecular flexibility index (Phi) is 5.09. The molecule has 1 atom stereocenters. The second-order valence-electron chi connectivity index (χ2n) is 6.36. The number of hydrogen-bond acceptors (Lipinski definition) is 5. The summed E-state index contributed by atoms with van der Waals surface area (Å²) in [6.45, 7) is 9.38. The largest absolute Gasteiger partial charge is 0.415 e. The van der Waals surface area contributed by atoms with E-state index < -0.39 is 11.1 Å². The van der Waals surface area contributed by atoms with Gasteiger partial charge < -0.3 is 9.73 Å².